The lowest BCUT2D eigenvalue weighted by Gasteiger charge is -2.39. The second-order valence-electron chi connectivity index (χ2n) is 6.25. The lowest BCUT2D eigenvalue weighted by molar-refractivity contribution is 0.217. The van der Waals surface area contributed by atoms with Crippen LogP contribution in [-0.2, 0) is 5.41 Å². The number of aromatic hydroxyl groups is 2. The Morgan fingerprint density at radius 3 is 2.24 bits per heavy atom. The normalized spacial score (nSPS) is 27.3. The molecule has 0 amide bonds. The summed E-state index contributed by atoms with van der Waals surface area (Å²) < 4.78 is 0. The second-order valence-corrected chi connectivity index (χ2v) is 6.25. The van der Waals surface area contributed by atoms with Crippen LogP contribution in [0.2, 0.25) is 0 Å². The molecule has 2 rings (SSSR count). The maximum absolute atomic E-state index is 10.1. The molecule has 1 fully saturated rings. The van der Waals surface area contributed by atoms with Crippen molar-refractivity contribution in [3.63, 3.8) is 0 Å². The van der Waals surface area contributed by atoms with Crippen molar-refractivity contribution >= 4 is 0 Å². The summed E-state index contributed by atoms with van der Waals surface area (Å²) >= 11 is 0. The van der Waals surface area contributed by atoms with Gasteiger partial charge >= 0.3 is 0 Å². The highest BCUT2D eigenvalue weighted by Gasteiger charge is 2.47. The Morgan fingerprint density at radius 1 is 1.06 bits per heavy atom. The van der Waals surface area contributed by atoms with Crippen molar-refractivity contribution in [2.45, 2.75) is 52.4 Å². The summed E-state index contributed by atoms with van der Waals surface area (Å²) in [5.41, 5.74) is 2.00. The largest absolute Gasteiger partial charge is 0.504 e. The Morgan fingerprint density at radius 2 is 1.71 bits per heavy atom. The SMILES string of the molecule is Cc1cc(O)c(O)c(C2(C)CCCC2(C)C)c1. The molecule has 1 atom stereocenters. The van der Waals surface area contributed by atoms with Gasteiger partial charge in [-0.15, -0.1) is 0 Å². The summed E-state index contributed by atoms with van der Waals surface area (Å²) in [6.07, 6.45) is 3.41. The number of benzene rings is 1. The number of rotatable bonds is 1. The molecule has 2 heteroatoms. The summed E-state index contributed by atoms with van der Waals surface area (Å²) in [5, 5.41) is 19.9. The van der Waals surface area contributed by atoms with E-state index in [2.05, 4.69) is 20.8 Å². The van der Waals surface area contributed by atoms with Crippen LogP contribution in [0.4, 0.5) is 0 Å². The van der Waals surface area contributed by atoms with Crippen molar-refractivity contribution in [3.05, 3.63) is 23.3 Å². The van der Waals surface area contributed by atoms with Crippen molar-refractivity contribution in [2.75, 3.05) is 0 Å². The quantitative estimate of drug-likeness (QED) is 0.724. The molecule has 0 heterocycles. The number of phenols is 2. The van der Waals surface area contributed by atoms with Gasteiger partial charge in [0.1, 0.15) is 0 Å². The first-order valence-corrected chi connectivity index (χ1v) is 6.31. The molecule has 0 aromatic heterocycles. The van der Waals surface area contributed by atoms with Crippen LogP contribution in [-0.4, -0.2) is 10.2 Å². The van der Waals surface area contributed by atoms with E-state index < -0.39 is 0 Å². The summed E-state index contributed by atoms with van der Waals surface area (Å²) in [6.45, 7) is 8.65. The first-order chi connectivity index (χ1) is 7.78. The zero-order valence-corrected chi connectivity index (χ0v) is 11.2. The summed E-state index contributed by atoms with van der Waals surface area (Å²) in [5.74, 6) is 0.0667. The lowest BCUT2D eigenvalue weighted by atomic mass is 9.65. The highest BCUT2D eigenvalue weighted by molar-refractivity contribution is 5.51. The van der Waals surface area contributed by atoms with E-state index in [4.69, 9.17) is 0 Å². The van der Waals surface area contributed by atoms with Crippen molar-refractivity contribution in [2.24, 2.45) is 5.41 Å². The zero-order valence-electron chi connectivity index (χ0n) is 11.2. The van der Waals surface area contributed by atoms with Gasteiger partial charge in [0, 0.05) is 11.0 Å². The Kier molecular flexibility index (Phi) is 2.64. The molecule has 0 spiro atoms. The van der Waals surface area contributed by atoms with Gasteiger partial charge in [-0.3, -0.25) is 0 Å². The standard InChI is InChI=1S/C15H22O2/c1-10-8-11(13(17)12(16)9-10)15(4)7-5-6-14(15,2)3/h8-9,16-17H,5-7H2,1-4H3. The van der Waals surface area contributed by atoms with E-state index in [0.717, 1.165) is 24.0 Å². The van der Waals surface area contributed by atoms with Crippen molar-refractivity contribution in [1.29, 1.82) is 0 Å². The highest BCUT2D eigenvalue weighted by atomic mass is 16.3. The van der Waals surface area contributed by atoms with E-state index >= 15 is 0 Å². The molecule has 94 valence electrons. The van der Waals surface area contributed by atoms with Crippen LogP contribution >= 0.6 is 0 Å². The molecule has 0 radical (unpaired) electrons. The molecule has 1 aliphatic carbocycles. The van der Waals surface area contributed by atoms with Crippen LogP contribution in [0.15, 0.2) is 12.1 Å². The zero-order chi connectivity index (χ0) is 12.8. The molecule has 1 aromatic carbocycles. The smallest absolute Gasteiger partial charge is 0.161 e. The van der Waals surface area contributed by atoms with Gasteiger partial charge < -0.3 is 10.2 Å². The fourth-order valence-electron chi connectivity index (χ4n) is 3.18. The fraction of sp³-hybridized carbons (Fsp3) is 0.600. The van der Waals surface area contributed by atoms with Gasteiger partial charge in [0.25, 0.3) is 0 Å². The topological polar surface area (TPSA) is 40.5 Å². The van der Waals surface area contributed by atoms with Gasteiger partial charge in [-0.05, 0) is 36.8 Å². The third-order valence-corrected chi connectivity index (χ3v) is 4.80. The maximum atomic E-state index is 10.1. The van der Waals surface area contributed by atoms with Crippen LogP contribution in [0.25, 0.3) is 0 Å². The molecule has 0 bridgehead atoms. The van der Waals surface area contributed by atoms with Crippen LogP contribution < -0.4 is 0 Å². The average molecular weight is 234 g/mol. The Hall–Kier alpha value is -1.18. The number of aryl methyl sites for hydroxylation is 1. The van der Waals surface area contributed by atoms with Gasteiger partial charge in [-0.1, -0.05) is 33.3 Å². The Labute approximate surface area is 103 Å². The fourth-order valence-corrected chi connectivity index (χ4v) is 3.18. The summed E-state index contributed by atoms with van der Waals surface area (Å²) in [4.78, 5) is 0. The molecule has 2 N–H and O–H groups in total. The van der Waals surface area contributed by atoms with Crippen LogP contribution in [0.5, 0.6) is 11.5 Å². The maximum Gasteiger partial charge on any atom is 0.161 e. The number of hydrogen-bond donors (Lipinski definition) is 2. The Balaban J connectivity index is 2.61. The van der Waals surface area contributed by atoms with Crippen LogP contribution in [0.3, 0.4) is 0 Å². The predicted octanol–water partition coefficient (Wildman–Crippen LogP) is 3.87. The van der Waals surface area contributed by atoms with E-state index in [0.29, 0.717) is 0 Å². The monoisotopic (exact) mass is 234 g/mol. The first kappa shape index (κ1) is 12.3. The molecule has 1 aliphatic rings. The predicted molar refractivity (Wildman–Crippen MR) is 69.5 cm³/mol. The third kappa shape index (κ3) is 1.70. The van der Waals surface area contributed by atoms with E-state index in [9.17, 15) is 10.2 Å². The molecular weight excluding hydrogens is 212 g/mol. The lowest BCUT2D eigenvalue weighted by Crippen LogP contribution is -2.34. The highest BCUT2D eigenvalue weighted by Crippen LogP contribution is 2.56. The van der Waals surface area contributed by atoms with E-state index in [-0.39, 0.29) is 22.3 Å². The number of phenolic OH excluding ortho intramolecular Hbond substituents is 2. The molecule has 0 aliphatic heterocycles. The number of hydrogen-bond acceptors (Lipinski definition) is 2. The van der Waals surface area contributed by atoms with Gasteiger partial charge in [-0.25, -0.2) is 0 Å². The van der Waals surface area contributed by atoms with E-state index in [1.807, 2.05) is 13.0 Å². The molecule has 1 unspecified atom stereocenters. The molecule has 1 saturated carbocycles. The van der Waals surface area contributed by atoms with Gasteiger partial charge in [-0.2, -0.15) is 0 Å². The second kappa shape index (κ2) is 3.66. The molecule has 0 saturated heterocycles. The minimum Gasteiger partial charge on any atom is -0.504 e. The van der Waals surface area contributed by atoms with Crippen LogP contribution in [0, 0.1) is 12.3 Å². The van der Waals surface area contributed by atoms with Gasteiger partial charge in [0.05, 0.1) is 0 Å². The molecule has 2 nitrogen and oxygen atoms in total. The molecule has 17 heavy (non-hydrogen) atoms. The van der Waals surface area contributed by atoms with E-state index in [1.165, 1.54) is 6.42 Å². The van der Waals surface area contributed by atoms with Crippen molar-refractivity contribution in [1.82, 2.24) is 0 Å². The van der Waals surface area contributed by atoms with Gasteiger partial charge in [0.15, 0.2) is 11.5 Å². The molecule has 1 aromatic rings. The first-order valence-electron chi connectivity index (χ1n) is 6.31. The Bertz CT molecular complexity index is 448. The van der Waals surface area contributed by atoms with Crippen molar-refractivity contribution < 1.29 is 10.2 Å². The minimum absolute atomic E-state index is 0.00363. The van der Waals surface area contributed by atoms with Crippen molar-refractivity contribution in [3.8, 4) is 11.5 Å². The molecular formula is C15H22O2. The minimum atomic E-state index is -0.0550. The van der Waals surface area contributed by atoms with Gasteiger partial charge in [0.2, 0.25) is 0 Å². The summed E-state index contributed by atoms with van der Waals surface area (Å²) in [6, 6.07) is 3.63. The summed E-state index contributed by atoms with van der Waals surface area (Å²) in [7, 11) is 0. The average Bonchev–Trinajstić information content (AvgIpc) is 2.48. The third-order valence-electron chi connectivity index (χ3n) is 4.80. The van der Waals surface area contributed by atoms with E-state index in [1.54, 1.807) is 6.07 Å². The van der Waals surface area contributed by atoms with Crippen LogP contribution in [0.1, 0.15) is 51.2 Å².